The molecule has 1 aliphatic heterocycles. The Kier molecular flexibility index (Phi) is 7.19. The van der Waals surface area contributed by atoms with Crippen LogP contribution in [-0.2, 0) is 11.2 Å². The van der Waals surface area contributed by atoms with Crippen molar-refractivity contribution >= 4 is 39.9 Å². The summed E-state index contributed by atoms with van der Waals surface area (Å²) in [7, 11) is 0. The fourth-order valence-electron chi connectivity index (χ4n) is 2.54. The summed E-state index contributed by atoms with van der Waals surface area (Å²) in [5.41, 5.74) is 2.09. The van der Waals surface area contributed by atoms with Crippen molar-refractivity contribution < 1.29 is 4.79 Å². The number of thiocarbonyl (C=S) groups is 1. The molecule has 2 rings (SSSR count). The van der Waals surface area contributed by atoms with Crippen LogP contribution in [0, 0.1) is 0 Å². The molecule has 0 radical (unpaired) electrons. The van der Waals surface area contributed by atoms with Crippen LogP contribution in [0.2, 0.25) is 0 Å². The van der Waals surface area contributed by atoms with Crippen molar-refractivity contribution in [3.8, 4) is 0 Å². The SMILES string of the molecule is CCc1cccc(NC(=O)CSC(=S)N2CCCCCC2)c1. The second-order valence-corrected chi connectivity index (χ2v) is 7.17. The van der Waals surface area contributed by atoms with Gasteiger partial charge in [0, 0.05) is 18.8 Å². The third-order valence-corrected chi connectivity index (χ3v) is 5.33. The first-order chi connectivity index (χ1) is 10.7. The predicted molar refractivity (Wildman–Crippen MR) is 99.5 cm³/mol. The summed E-state index contributed by atoms with van der Waals surface area (Å²) in [5, 5.41) is 2.95. The lowest BCUT2D eigenvalue weighted by Crippen LogP contribution is -2.29. The number of benzene rings is 1. The van der Waals surface area contributed by atoms with Crippen LogP contribution < -0.4 is 5.32 Å². The maximum absolute atomic E-state index is 12.1. The number of nitrogens with zero attached hydrogens (tertiary/aromatic N) is 1. The van der Waals surface area contributed by atoms with E-state index in [1.165, 1.54) is 43.0 Å². The molecule has 0 bridgehead atoms. The topological polar surface area (TPSA) is 32.3 Å². The van der Waals surface area contributed by atoms with Gasteiger partial charge in [-0.2, -0.15) is 0 Å². The molecule has 1 aromatic rings. The maximum Gasteiger partial charge on any atom is 0.234 e. The number of thioether (sulfide) groups is 1. The van der Waals surface area contributed by atoms with Crippen LogP contribution in [0.1, 0.15) is 38.2 Å². The summed E-state index contributed by atoms with van der Waals surface area (Å²) in [4.78, 5) is 14.3. The molecule has 0 aromatic heterocycles. The second-order valence-electron chi connectivity index (χ2n) is 5.56. The van der Waals surface area contributed by atoms with Crippen molar-refractivity contribution in [3.63, 3.8) is 0 Å². The smallest absolute Gasteiger partial charge is 0.234 e. The van der Waals surface area contributed by atoms with E-state index in [1.54, 1.807) is 0 Å². The van der Waals surface area contributed by atoms with E-state index in [4.69, 9.17) is 12.2 Å². The van der Waals surface area contributed by atoms with E-state index in [0.717, 1.165) is 29.5 Å². The molecule has 0 atom stereocenters. The van der Waals surface area contributed by atoms with Crippen molar-refractivity contribution in [2.75, 3.05) is 24.2 Å². The summed E-state index contributed by atoms with van der Waals surface area (Å²) in [6.07, 6.45) is 5.96. The highest BCUT2D eigenvalue weighted by molar-refractivity contribution is 8.23. The number of rotatable bonds is 4. The van der Waals surface area contributed by atoms with Crippen LogP contribution in [0.3, 0.4) is 0 Å². The fourth-order valence-corrected chi connectivity index (χ4v) is 3.59. The van der Waals surface area contributed by atoms with E-state index >= 15 is 0 Å². The van der Waals surface area contributed by atoms with Gasteiger partial charge in [0.25, 0.3) is 0 Å². The van der Waals surface area contributed by atoms with Gasteiger partial charge in [0.1, 0.15) is 4.32 Å². The summed E-state index contributed by atoms with van der Waals surface area (Å²) >= 11 is 6.94. The van der Waals surface area contributed by atoms with E-state index in [-0.39, 0.29) is 5.91 Å². The molecule has 5 heteroatoms. The monoisotopic (exact) mass is 336 g/mol. The van der Waals surface area contributed by atoms with Gasteiger partial charge in [0.05, 0.1) is 5.75 Å². The van der Waals surface area contributed by atoms with Crippen LogP contribution in [0.4, 0.5) is 5.69 Å². The second kappa shape index (κ2) is 9.16. The standard InChI is InChI=1S/C17H24N2OS2/c1-2-14-8-7-9-15(12-14)18-16(20)13-22-17(21)19-10-5-3-4-6-11-19/h7-9,12H,2-6,10-11,13H2,1H3,(H,18,20). The van der Waals surface area contributed by atoms with Gasteiger partial charge >= 0.3 is 0 Å². The molecule has 0 spiro atoms. The molecule has 0 unspecified atom stereocenters. The molecule has 1 fully saturated rings. The number of hydrogen-bond donors (Lipinski definition) is 1. The molecule has 1 aromatic carbocycles. The molecule has 0 saturated carbocycles. The number of nitrogens with one attached hydrogen (secondary N) is 1. The Morgan fingerprint density at radius 1 is 1.27 bits per heavy atom. The molecule has 1 amide bonds. The van der Waals surface area contributed by atoms with Gasteiger partial charge in [-0.15, -0.1) is 0 Å². The Morgan fingerprint density at radius 2 is 2.00 bits per heavy atom. The first kappa shape index (κ1) is 17.3. The highest BCUT2D eigenvalue weighted by atomic mass is 32.2. The molecule has 22 heavy (non-hydrogen) atoms. The fraction of sp³-hybridized carbons (Fsp3) is 0.529. The normalized spacial score (nSPS) is 15.2. The van der Waals surface area contributed by atoms with Crippen LogP contribution in [-0.4, -0.2) is 34.0 Å². The minimum absolute atomic E-state index is 0.00965. The molecule has 3 nitrogen and oxygen atoms in total. The lowest BCUT2D eigenvalue weighted by atomic mass is 10.1. The number of anilines is 1. The van der Waals surface area contributed by atoms with Crippen molar-refractivity contribution in [1.29, 1.82) is 0 Å². The lowest BCUT2D eigenvalue weighted by Gasteiger charge is -2.22. The van der Waals surface area contributed by atoms with E-state index < -0.39 is 0 Å². The van der Waals surface area contributed by atoms with E-state index in [1.807, 2.05) is 18.2 Å². The third-order valence-electron chi connectivity index (χ3n) is 3.81. The zero-order valence-electron chi connectivity index (χ0n) is 13.1. The van der Waals surface area contributed by atoms with Crippen molar-refractivity contribution in [3.05, 3.63) is 29.8 Å². The Bertz CT molecular complexity index is 511. The number of hydrogen-bond acceptors (Lipinski definition) is 3. The molecule has 1 N–H and O–H groups in total. The van der Waals surface area contributed by atoms with Crippen molar-refractivity contribution in [1.82, 2.24) is 4.90 Å². The first-order valence-electron chi connectivity index (χ1n) is 7.99. The van der Waals surface area contributed by atoms with Gasteiger partial charge in [-0.25, -0.2) is 0 Å². The molecule has 1 saturated heterocycles. The molecule has 0 aliphatic carbocycles. The van der Waals surface area contributed by atoms with E-state index in [0.29, 0.717) is 5.75 Å². The van der Waals surface area contributed by atoms with Crippen LogP contribution in [0.5, 0.6) is 0 Å². The number of carbonyl (C=O) groups is 1. The largest absolute Gasteiger partial charge is 0.358 e. The third kappa shape index (κ3) is 5.61. The van der Waals surface area contributed by atoms with Crippen molar-refractivity contribution in [2.24, 2.45) is 0 Å². The minimum atomic E-state index is 0.00965. The van der Waals surface area contributed by atoms with Gasteiger partial charge in [-0.05, 0) is 37.0 Å². The average molecular weight is 337 g/mol. The highest BCUT2D eigenvalue weighted by Crippen LogP contribution is 2.17. The molecule has 1 aliphatic rings. The predicted octanol–water partition coefficient (Wildman–Crippen LogP) is 4.08. The maximum atomic E-state index is 12.1. The average Bonchev–Trinajstić information content (AvgIpc) is 2.82. The number of amides is 1. The van der Waals surface area contributed by atoms with Gasteiger partial charge in [-0.1, -0.05) is 55.9 Å². The highest BCUT2D eigenvalue weighted by Gasteiger charge is 2.14. The zero-order valence-corrected chi connectivity index (χ0v) is 14.8. The van der Waals surface area contributed by atoms with Gasteiger partial charge < -0.3 is 10.2 Å². The van der Waals surface area contributed by atoms with Crippen LogP contribution >= 0.6 is 24.0 Å². The van der Waals surface area contributed by atoms with E-state index in [2.05, 4.69) is 23.2 Å². The van der Waals surface area contributed by atoms with Crippen LogP contribution in [0.25, 0.3) is 0 Å². The molecular weight excluding hydrogens is 312 g/mol. The molecular formula is C17H24N2OS2. The Labute approximate surface area is 142 Å². The number of carbonyl (C=O) groups excluding carboxylic acids is 1. The van der Waals surface area contributed by atoms with Gasteiger partial charge in [-0.3, -0.25) is 4.79 Å². The summed E-state index contributed by atoms with van der Waals surface area (Å²) in [6.45, 7) is 4.18. The number of aryl methyl sites for hydroxylation is 1. The minimum Gasteiger partial charge on any atom is -0.358 e. The summed E-state index contributed by atoms with van der Waals surface area (Å²) < 4.78 is 0.861. The van der Waals surface area contributed by atoms with Crippen LogP contribution in [0.15, 0.2) is 24.3 Å². The number of likely N-dealkylation sites (tertiary alicyclic amines) is 1. The molecule has 120 valence electrons. The van der Waals surface area contributed by atoms with Crippen molar-refractivity contribution in [2.45, 2.75) is 39.0 Å². The zero-order chi connectivity index (χ0) is 15.8. The first-order valence-corrected chi connectivity index (χ1v) is 9.39. The van der Waals surface area contributed by atoms with Gasteiger partial charge in [0.15, 0.2) is 0 Å². The Hall–Kier alpha value is -1.07. The molecule has 1 heterocycles. The summed E-state index contributed by atoms with van der Waals surface area (Å²) in [5.74, 6) is 0.390. The summed E-state index contributed by atoms with van der Waals surface area (Å²) in [6, 6.07) is 7.99. The van der Waals surface area contributed by atoms with Gasteiger partial charge in [0.2, 0.25) is 5.91 Å². The quantitative estimate of drug-likeness (QED) is 0.840. The Morgan fingerprint density at radius 3 is 2.68 bits per heavy atom. The lowest BCUT2D eigenvalue weighted by molar-refractivity contribution is -0.113. The van der Waals surface area contributed by atoms with E-state index in [9.17, 15) is 4.79 Å². The Balaban J connectivity index is 1.77.